The van der Waals surface area contributed by atoms with Gasteiger partial charge in [0.15, 0.2) is 0 Å². The monoisotopic (exact) mass is 1310 g/mol. The lowest BCUT2D eigenvalue weighted by molar-refractivity contribution is -0.148. The molecule has 1 unspecified atom stereocenters. The molecule has 0 saturated carbocycles. The van der Waals surface area contributed by atoms with Crippen LogP contribution in [0.2, 0.25) is 0 Å². The number of carboxylic acid groups (broad SMARTS) is 1. The van der Waals surface area contributed by atoms with Crippen LogP contribution in [0.3, 0.4) is 0 Å². The Kier molecular flexibility index (Phi) is 34.8. The molecule has 10 amide bonds. The topological polar surface area (TPSA) is 365 Å². The lowest BCUT2D eigenvalue weighted by Gasteiger charge is -2.41. The second-order valence-electron chi connectivity index (χ2n) is 24.9. The van der Waals surface area contributed by atoms with Crippen LogP contribution in [0.25, 0.3) is 0 Å². The van der Waals surface area contributed by atoms with Gasteiger partial charge in [-0.3, -0.25) is 43.3 Å². The van der Waals surface area contributed by atoms with Crippen LogP contribution in [0, 0.1) is 29.6 Å². The van der Waals surface area contributed by atoms with E-state index in [-0.39, 0.29) is 89.4 Å². The van der Waals surface area contributed by atoms with Crippen molar-refractivity contribution in [2.24, 2.45) is 35.3 Å². The van der Waals surface area contributed by atoms with Gasteiger partial charge in [0, 0.05) is 53.5 Å². The molecule has 0 radical (unpaired) electrons. The van der Waals surface area contributed by atoms with E-state index in [1.807, 2.05) is 32.0 Å². The number of carboxylic acids is 1. The maximum Gasteiger partial charge on any atom is 0.410 e. The van der Waals surface area contributed by atoms with Gasteiger partial charge in [-0.15, -0.1) is 0 Å². The molecule has 27 heteroatoms. The number of anilines is 1. The van der Waals surface area contributed by atoms with Gasteiger partial charge in [-0.1, -0.05) is 111 Å². The Balaban J connectivity index is 1.68. The number of aliphatic carboxylic acids is 1. The number of nitrogens with two attached hydrogens (primary N) is 1. The first kappa shape index (κ1) is 79.8. The zero-order chi connectivity index (χ0) is 69.6. The molecule has 522 valence electrons. The summed E-state index contributed by atoms with van der Waals surface area (Å²) >= 11 is 0. The minimum atomic E-state index is -1.12. The molecule has 1 aliphatic rings. The molecule has 93 heavy (non-hydrogen) atoms. The summed E-state index contributed by atoms with van der Waals surface area (Å²) in [6, 6.07) is 8.66. The van der Waals surface area contributed by atoms with E-state index in [2.05, 4.69) is 31.9 Å². The average Bonchev–Trinajstić information content (AvgIpc) is 1.82. The van der Waals surface area contributed by atoms with E-state index < -0.39 is 132 Å². The first-order chi connectivity index (χ1) is 44.0. The van der Waals surface area contributed by atoms with Crippen molar-refractivity contribution in [1.82, 2.24) is 41.3 Å². The molecular formula is C66H106N10O17. The largest absolute Gasteiger partial charge is 0.481 e. The van der Waals surface area contributed by atoms with Crippen molar-refractivity contribution in [3.63, 3.8) is 0 Å². The molecule has 12 atom stereocenters. The molecule has 0 aliphatic carbocycles. The Morgan fingerprint density at radius 2 is 1.33 bits per heavy atom. The number of carbonyl (C=O) groups excluding carboxylic acids is 9. The summed E-state index contributed by atoms with van der Waals surface area (Å²) in [5, 5.41) is 36.2. The predicted molar refractivity (Wildman–Crippen MR) is 348 cm³/mol. The third-order valence-corrected chi connectivity index (χ3v) is 16.8. The van der Waals surface area contributed by atoms with Gasteiger partial charge in [-0.05, 0) is 79.5 Å². The number of nitrogens with one attached hydrogen (secondary N) is 6. The summed E-state index contributed by atoms with van der Waals surface area (Å²) in [6.45, 7) is 18.6. The van der Waals surface area contributed by atoms with E-state index in [1.165, 1.54) is 26.2 Å². The van der Waals surface area contributed by atoms with Crippen LogP contribution in [0.4, 0.5) is 15.3 Å². The standard InChI is InChI=1S/C66H106N10O17/c1-15-42(8)57(50(89-13)37-52(78)76-32-20-24-49(76)59(90-14)43(9)60(82)69-44(10)58(81)46-21-17-16-18-22-46)74(11)64(86)55(40(4)5)73-63(85)56(41(6)7)75(12)66(88)93-38-45-25-27-47(28-26-45)70-61(83)48(23-19-31-68-65(67)87)71-62(84)54(39(2)3)72-51(77)29-33-91-35-36-92-34-30-53(79)80/h16-18,21-22,25-28,39-44,48-50,54-59,81H,15,19-20,23-24,29-38H2,1-14H3,(H,69,82)(H,70,83)(H,71,84)(H,72,77)(H,73,85)(H,79,80)(H3,67,68,87)/t42-,43+,44+,48+,49-,50+,54+,55?,56-,57-,58+,59+/m1/s1. The van der Waals surface area contributed by atoms with Gasteiger partial charge in [-0.2, -0.15) is 0 Å². The van der Waals surface area contributed by atoms with Crippen LogP contribution in [0.1, 0.15) is 138 Å². The van der Waals surface area contributed by atoms with Gasteiger partial charge >= 0.3 is 18.1 Å². The van der Waals surface area contributed by atoms with Crippen molar-refractivity contribution in [2.75, 3.05) is 73.1 Å². The zero-order valence-electron chi connectivity index (χ0n) is 56.9. The summed E-state index contributed by atoms with van der Waals surface area (Å²) in [4.78, 5) is 138. The van der Waals surface area contributed by atoms with Gasteiger partial charge in [-0.25, -0.2) is 9.59 Å². The number of aliphatic hydroxyl groups excluding tert-OH is 1. The molecule has 0 spiro atoms. The molecule has 1 heterocycles. The van der Waals surface area contributed by atoms with Crippen LogP contribution >= 0.6 is 0 Å². The number of likely N-dealkylation sites (N-methyl/N-ethyl adjacent to an activating group) is 2. The molecule has 2 aromatic rings. The van der Waals surface area contributed by atoms with E-state index in [9.17, 15) is 53.1 Å². The number of hydrogen-bond donors (Lipinski definition) is 9. The highest BCUT2D eigenvalue weighted by atomic mass is 16.6. The minimum absolute atomic E-state index is 0.0124. The van der Waals surface area contributed by atoms with Gasteiger partial charge in [0.05, 0.1) is 81.6 Å². The third kappa shape index (κ3) is 25.8. The Hall–Kier alpha value is -7.46. The third-order valence-electron chi connectivity index (χ3n) is 16.8. The van der Waals surface area contributed by atoms with Crippen LogP contribution in [0.5, 0.6) is 0 Å². The predicted octanol–water partition coefficient (Wildman–Crippen LogP) is 4.49. The molecule has 1 aliphatic heterocycles. The SMILES string of the molecule is CC[C@@H](C)[C@H]([C@H](CC(=O)N1CCC[C@@H]1[C@@H](OC)[C@H](C)C(=O)N[C@@H](C)[C@H](O)c1ccccc1)OC)N(C)C(=O)C(NC(=O)[C@@H](C(C)C)N(C)C(=O)OCc1ccc(NC(=O)[C@H](CCCNC(N)=O)NC(=O)[C@@H](NC(=O)CCOCCOCCC(=O)O)C(C)C)cc1)C(C)C. The fraction of sp³-hybridized carbons (Fsp3) is 0.667. The van der Waals surface area contributed by atoms with Crippen molar-refractivity contribution in [2.45, 2.75) is 188 Å². The van der Waals surface area contributed by atoms with Crippen molar-refractivity contribution in [1.29, 1.82) is 0 Å². The van der Waals surface area contributed by atoms with Gasteiger partial charge in [0.2, 0.25) is 41.4 Å². The number of benzene rings is 2. The molecule has 3 rings (SSSR count). The Bertz CT molecular complexity index is 2700. The van der Waals surface area contributed by atoms with E-state index in [1.54, 1.807) is 109 Å². The molecule has 0 aromatic heterocycles. The van der Waals surface area contributed by atoms with Crippen LogP contribution < -0.4 is 37.6 Å². The summed E-state index contributed by atoms with van der Waals surface area (Å²) in [5.74, 6) is -6.41. The highest BCUT2D eigenvalue weighted by molar-refractivity contribution is 5.98. The number of amides is 10. The van der Waals surface area contributed by atoms with Gasteiger partial charge < -0.3 is 81.3 Å². The van der Waals surface area contributed by atoms with Crippen molar-refractivity contribution >= 4 is 65.1 Å². The lowest BCUT2D eigenvalue weighted by Crippen LogP contribution is -2.60. The fourth-order valence-electron chi connectivity index (χ4n) is 11.3. The Morgan fingerprint density at radius 1 is 0.710 bits per heavy atom. The number of carbonyl (C=O) groups is 10. The van der Waals surface area contributed by atoms with Crippen molar-refractivity contribution in [3.05, 3.63) is 65.7 Å². The van der Waals surface area contributed by atoms with E-state index in [4.69, 9.17) is 34.5 Å². The van der Waals surface area contributed by atoms with Crippen molar-refractivity contribution < 1.29 is 81.8 Å². The molecule has 1 fully saturated rings. The Labute approximate surface area is 548 Å². The number of urea groups is 1. The van der Waals surface area contributed by atoms with Gasteiger partial charge in [0.1, 0.15) is 30.8 Å². The number of ether oxygens (including phenoxy) is 5. The number of rotatable bonds is 41. The fourth-order valence-corrected chi connectivity index (χ4v) is 11.3. The highest BCUT2D eigenvalue weighted by Crippen LogP contribution is 2.30. The molecular weight excluding hydrogens is 1200 g/mol. The second kappa shape index (κ2) is 40.6. The maximum atomic E-state index is 14.8. The summed E-state index contributed by atoms with van der Waals surface area (Å²) in [6.07, 6.45) is -1.34. The summed E-state index contributed by atoms with van der Waals surface area (Å²) in [5.41, 5.74) is 6.74. The van der Waals surface area contributed by atoms with E-state index >= 15 is 0 Å². The number of nitrogens with zero attached hydrogens (tertiary/aromatic N) is 3. The van der Waals surface area contributed by atoms with Crippen LogP contribution in [0.15, 0.2) is 54.6 Å². The number of primary amides is 1. The lowest BCUT2D eigenvalue weighted by atomic mass is 9.89. The number of methoxy groups -OCH3 is 2. The highest BCUT2D eigenvalue weighted by Gasteiger charge is 2.44. The van der Waals surface area contributed by atoms with Gasteiger partial charge in [0.25, 0.3) is 0 Å². The van der Waals surface area contributed by atoms with Crippen molar-refractivity contribution in [3.8, 4) is 0 Å². The van der Waals surface area contributed by atoms with E-state index in [0.29, 0.717) is 42.6 Å². The van der Waals surface area contributed by atoms with Crippen LogP contribution in [-0.4, -0.2) is 207 Å². The molecule has 1 saturated heterocycles. The maximum absolute atomic E-state index is 14.8. The molecule has 2 aromatic carbocycles. The first-order valence-electron chi connectivity index (χ1n) is 32.2. The number of aliphatic hydroxyl groups is 1. The first-order valence-corrected chi connectivity index (χ1v) is 32.2. The normalized spacial score (nSPS) is 16.7. The minimum Gasteiger partial charge on any atom is -0.481 e. The van der Waals surface area contributed by atoms with Crippen LogP contribution in [-0.2, 0) is 68.6 Å². The molecule has 0 bridgehead atoms. The summed E-state index contributed by atoms with van der Waals surface area (Å²) in [7, 11) is 6.07. The molecule has 10 N–H and O–H groups in total. The quantitative estimate of drug-likeness (QED) is 0.0414. The average molecular weight is 1310 g/mol. The Morgan fingerprint density at radius 3 is 1.89 bits per heavy atom. The van der Waals surface area contributed by atoms with E-state index in [0.717, 1.165) is 0 Å². The molecule has 27 nitrogen and oxygen atoms in total. The number of hydrogen-bond acceptors (Lipinski definition) is 16. The second-order valence-corrected chi connectivity index (χ2v) is 24.9. The summed E-state index contributed by atoms with van der Waals surface area (Å²) < 4.78 is 28.3. The smallest absolute Gasteiger partial charge is 0.410 e. The number of likely N-dealkylation sites (tertiary alicyclic amines) is 1. The zero-order valence-corrected chi connectivity index (χ0v) is 56.9.